The number of nitrogens with zero attached hydrogens (tertiary/aromatic N) is 1. The molecule has 1 aliphatic rings. The fourth-order valence-corrected chi connectivity index (χ4v) is 4.91. The van der Waals surface area contributed by atoms with E-state index in [1.54, 1.807) is 18.2 Å². The lowest BCUT2D eigenvalue weighted by molar-refractivity contribution is -0.164. The van der Waals surface area contributed by atoms with E-state index in [1.807, 2.05) is 24.3 Å². The molecule has 0 bridgehead atoms. The van der Waals surface area contributed by atoms with Gasteiger partial charge in [-0.05, 0) is 36.2 Å². The molecule has 0 radical (unpaired) electrons. The molecule has 0 atom stereocenters. The van der Waals surface area contributed by atoms with Crippen LogP contribution in [0, 0.1) is 22.2 Å². The second kappa shape index (κ2) is 7.72. The number of benzene rings is 2. The summed E-state index contributed by atoms with van der Waals surface area (Å²) in [6.45, 7) is 10.5. The largest absolute Gasteiger partial charge is 0.489 e. The van der Waals surface area contributed by atoms with Crippen molar-refractivity contribution in [3.8, 4) is 11.8 Å². The molecule has 1 fully saturated rings. The molecule has 1 saturated carbocycles. The minimum Gasteiger partial charge on any atom is -0.489 e. The quantitative estimate of drug-likeness (QED) is 0.719. The Labute approximate surface area is 177 Å². The van der Waals surface area contributed by atoms with E-state index in [0.717, 1.165) is 6.42 Å². The summed E-state index contributed by atoms with van der Waals surface area (Å²) in [5.41, 5.74) is 1.74. The molecular weight excluding hydrogens is 384 g/mol. The van der Waals surface area contributed by atoms with Gasteiger partial charge in [0.05, 0.1) is 10.6 Å². The number of nitriles is 1. The van der Waals surface area contributed by atoms with E-state index in [0.29, 0.717) is 21.9 Å². The van der Waals surface area contributed by atoms with Gasteiger partial charge in [-0.1, -0.05) is 58.4 Å². The number of nitrogens with one attached hydrogen (secondary N) is 1. The highest BCUT2D eigenvalue weighted by atomic mass is 35.5. The SMILES string of the molecule is CCc1ccc(C(=O)N[C@H]2C(C)(C)[C@H](Oc3ccc(C#N)c(Cl)c3)C2(C)C)cc1. The Hall–Kier alpha value is -2.51. The highest BCUT2D eigenvalue weighted by Gasteiger charge is 2.64. The fraction of sp³-hybridized carbons (Fsp3) is 0.417. The van der Waals surface area contributed by atoms with Gasteiger partial charge in [0.1, 0.15) is 17.9 Å². The van der Waals surface area contributed by atoms with Gasteiger partial charge in [0.25, 0.3) is 5.91 Å². The van der Waals surface area contributed by atoms with Crippen LogP contribution in [-0.2, 0) is 6.42 Å². The van der Waals surface area contributed by atoms with Crippen molar-refractivity contribution in [2.75, 3.05) is 0 Å². The third kappa shape index (κ3) is 3.84. The highest BCUT2D eigenvalue weighted by molar-refractivity contribution is 6.31. The molecule has 0 heterocycles. The summed E-state index contributed by atoms with van der Waals surface area (Å²) in [5.74, 6) is 0.554. The molecular formula is C24H27ClN2O2. The smallest absolute Gasteiger partial charge is 0.251 e. The van der Waals surface area contributed by atoms with E-state index in [-0.39, 0.29) is 28.9 Å². The maximum atomic E-state index is 12.8. The Bertz CT molecular complexity index is 942. The number of hydrogen-bond acceptors (Lipinski definition) is 3. The molecule has 1 amide bonds. The zero-order chi connectivity index (χ0) is 21.4. The summed E-state index contributed by atoms with van der Waals surface area (Å²) in [4.78, 5) is 12.8. The molecule has 0 spiro atoms. The monoisotopic (exact) mass is 410 g/mol. The molecule has 0 aliphatic heterocycles. The molecule has 0 aromatic heterocycles. The number of carbonyl (C=O) groups excluding carboxylic acids is 1. The lowest BCUT2D eigenvalue weighted by Gasteiger charge is -2.63. The number of ether oxygens (including phenoxy) is 1. The summed E-state index contributed by atoms with van der Waals surface area (Å²) >= 11 is 6.14. The Morgan fingerprint density at radius 1 is 1.14 bits per heavy atom. The van der Waals surface area contributed by atoms with E-state index in [4.69, 9.17) is 21.6 Å². The lowest BCUT2D eigenvalue weighted by atomic mass is 9.49. The summed E-state index contributed by atoms with van der Waals surface area (Å²) < 4.78 is 6.26. The van der Waals surface area contributed by atoms with Crippen molar-refractivity contribution in [1.29, 1.82) is 5.26 Å². The van der Waals surface area contributed by atoms with Crippen molar-refractivity contribution < 1.29 is 9.53 Å². The van der Waals surface area contributed by atoms with Crippen LogP contribution >= 0.6 is 11.6 Å². The van der Waals surface area contributed by atoms with Crippen molar-refractivity contribution in [3.05, 3.63) is 64.2 Å². The van der Waals surface area contributed by atoms with Crippen molar-refractivity contribution in [2.24, 2.45) is 10.8 Å². The normalized spacial score (nSPS) is 21.6. The van der Waals surface area contributed by atoms with Gasteiger partial charge >= 0.3 is 0 Å². The van der Waals surface area contributed by atoms with Crippen LogP contribution in [0.3, 0.4) is 0 Å². The molecule has 5 heteroatoms. The van der Waals surface area contributed by atoms with Crippen molar-refractivity contribution in [3.63, 3.8) is 0 Å². The van der Waals surface area contributed by atoms with E-state index < -0.39 is 0 Å². The van der Waals surface area contributed by atoms with Crippen LogP contribution in [0.25, 0.3) is 0 Å². The van der Waals surface area contributed by atoms with E-state index in [2.05, 4.69) is 46.0 Å². The van der Waals surface area contributed by atoms with Gasteiger partial charge in [0.15, 0.2) is 0 Å². The Balaban J connectivity index is 1.74. The number of halogens is 1. The van der Waals surface area contributed by atoms with Gasteiger partial charge in [-0.2, -0.15) is 5.26 Å². The van der Waals surface area contributed by atoms with Crippen LogP contribution in [0.4, 0.5) is 0 Å². The maximum absolute atomic E-state index is 12.8. The second-order valence-corrected chi connectivity index (χ2v) is 9.26. The highest BCUT2D eigenvalue weighted by Crippen LogP contribution is 2.55. The molecule has 152 valence electrons. The second-order valence-electron chi connectivity index (χ2n) is 8.85. The summed E-state index contributed by atoms with van der Waals surface area (Å²) in [7, 11) is 0. The van der Waals surface area contributed by atoms with Gasteiger partial charge in [-0.25, -0.2) is 0 Å². The van der Waals surface area contributed by atoms with Crippen LogP contribution in [0.1, 0.15) is 56.1 Å². The van der Waals surface area contributed by atoms with Crippen LogP contribution < -0.4 is 10.1 Å². The zero-order valence-electron chi connectivity index (χ0n) is 17.5. The minimum atomic E-state index is -0.275. The molecule has 2 aromatic carbocycles. The summed E-state index contributed by atoms with van der Waals surface area (Å²) in [5, 5.41) is 12.6. The zero-order valence-corrected chi connectivity index (χ0v) is 18.3. The molecule has 3 rings (SSSR count). The Morgan fingerprint density at radius 2 is 1.76 bits per heavy atom. The van der Waals surface area contributed by atoms with Gasteiger partial charge in [0.2, 0.25) is 0 Å². The third-order valence-electron chi connectivity index (χ3n) is 6.05. The van der Waals surface area contributed by atoms with Crippen LogP contribution in [-0.4, -0.2) is 18.1 Å². The number of rotatable bonds is 5. The third-order valence-corrected chi connectivity index (χ3v) is 6.37. The van der Waals surface area contributed by atoms with E-state index >= 15 is 0 Å². The Morgan fingerprint density at radius 3 is 2.28 bits per heavy atom. The number of hydrogen-bond donors (Lipinski definition) is 1. The predicted octanol–water partition coefficient (Wildman–Crippen LogP) is 5.39. The van der Waals surface area contributed by atoms with Crippen LogP contribution in [0.2, 0.25) is 5.02 Å². The maximum Gasteiger partial charge on any atom is 0.251 e. The molecule has 29 heavy (non-hydrogen) atoms. The fourth-order valence-electron chi connectivity index (χ4n) is 4.70. The molecule has 1 N–H and O–H groups in total. The van der Waals surface area contributed by atoms with Crippen molar-refractivity contribution in [2.45, 2.75) is 53.2 Å². The molecule has 4 nitrogen and oxygen atoms in total. The van der Waals surface area contributed by atoms with E-state index in [1.165, 1.54) is 5.56 Å². The number of aryl methyl sites for hydroxylation is 1. The van der Waals surface area contributed by atoms with E-state index in [9.17, 15) is 4.79 Å². The first-order chi connectivity index (χ1) is 13.6. The predicted molar refractivity (Wildman–Crippen MR) is 115 cm³/mol. The Kier molecular flexibility index (Phi) is 5.65. The van der Waals surface area contributed by atoms with Crippen LogP contribution in [0.5, 0.6) is 5.75 Å². The first kappa shape index (κ1) is 21.2. The first-order valence-electron chi connectivity index (χ1n) is 9.87. The van der Waals surface area contributed by atoms with Crippen molar-refractivity contribution >= 4 is 17.5 Å². The minimum absolute atomic E-state index is 0.0489. The van der Waals surface area contributed by atoms with Gasteiger partial charge in [-0.3, -0.25) is 4.79 Å². The average Bonchev–Trinajstić information content (AvgIpc) is 2.69. The molecule has 0 saturated heterocycles. The standard InChI is InChI=1S/C24H27ClN2O2/c1-6-15-7-9-16(10-8-15)20(28)27-21-23(2,3)22(24(21,4)5)29-18-12-11-17(14-26)19(25)13-18/h7-13,21-22H,6H2,1-5H3,(H,27,28)/t21-,22-. The van der Waals surface area contributed by atoms with Gasteiger partial charge in [-0.15, -0.1) is 0 Å². The molecule has 2 aromatic rings. The molecule has 1 aliphatic carbocycles. The number of amides is 1. The van der Waals surface area contributed by atoms with Crippen molar-refractivity contribution in [1.82, 2.24) is 5.32 Å². The summed E-state index contributed by atoms with van der Waals surface area (Å²) in [6.07, 6.45) is 0.829. The molecule has 0 unspecified atom stereocenters. The number of carbonyl (C=O) groups is 1. The van der Waals surface area contributed by atoms with Gasteiger partial charge < -0.3 is 10.1 Å². The summed E-state index contributed by atoms with van der Waals surface area (Å²) in [6, 6.07) is 14.8. The van der Waals surface area contributed by atoms with Crippen LogP contribution in [0.15, 0.2) is 42.5 Å². The lowest BCUT2D eigenvalue weighted by Crippen LogP contribution is -2.74. The average molecular weight is 411 g/mol. The topological polar surface area (TPSA) is 62.1 Å². The first-order valence-corrected chi connectivity index (χ1v) is 10.2. The van der Waals surface area contributed by atoms with Gasteiger partial charge in [0, 0.05) is 28.5 Å².